The minimum Gasteiger partial charge on any atom is -0.368 e. The first-order chi connectivity index (χ1) is 15.1. The Morgan fingerprint density at radius 1 is 1.06 bits per heavy atom. The van der Waals surface area contributed by atoms with Crippen molar-refractivity contribution in [1.82, 2.24) is 9.88 Å². The average Bonchev–Trinajstić information content (AvgIpc) is 3.19. The maximum atomic E-state index is 13.3. The quantitative estimate of drug-likeness (QED) is 0.568. The van der Waals surface area contributed by atoms with Gasteiger partial charge in [0.1, 0.15) is 5.82 Å². The van der Waals surface area contributed by atoms with Crippen molar-refractivity contribution in [2.45, 2.75) is 19.8 Å². The largest absolute Gasteiger partial charge is 0.368 e. The molecule has 1 unspecified atom stereocenters. The van der Waals surface area contributed by atoms with Gasteiger partial charge in [0.25, 0.3) is 0 Å². The van der Waals surface area contributed by atoms with E-state index in [0.29, 0.717) is 5.91 Å². The van der Waals surface area contributed by atoms with Crippen molar-refractivity contribution in [1.29, 1.82) is 0 Å². The lowest BCUT2D eigenvalue weighted by molar-refractivity contribution is -0.136. The highest BCUT2D eigenvalue weighted by Gasteiger charge is 2.32. The van der Waals surface area contributed by atoms with Gasteiger partial charge in [0.2, 0.25) is 5.91 Å². The third-order valence-corrected chi connectivity index (χ3v) is 7.67. The number of carbonyl (C=O) groups is 1. The highest BCUT2D eigenvalue weighted by atomic mass is 35.5. The summed E-state index contributed by atoms with van der Waals surface area (Å²) in [6, 6.07) is 12.3. The van der Waals surface area contributed by atoms with E-state index in [2.05, 4.69) is 45.9 Å². The van der Waals surface area contributed by atoms with Crippen LogP contribution in [0.1, 0.15) is 17.7 Å². The Labute approximate surface area is 192 Å². The van der Waals surface area contributed by atoms with Crippen LogP contribution in [0.5, 0.6) is 0 Å². The van der Waals surface area contributed by atoms with E-state index in [9.17, 15) is 4.79 Å². The topological polar surface area (TPSA) is 39.7 Å². The number of amides is 1. The Kier molecular flexibility index (Phi) is 5.76. The second kappa shape index (κ2) is 8.67. The van der Waals surface area contributed by atoms with Crippen LogP contribution >= 0.6 is 22.9 Å². The monoisotopic (exact) mass is 454 g/mol. The van der Waals surface area contributed by atoms with Crippen LogP contribution in [-0.2, 0) is 4.79 Å². The molecule has 4 heterocycles. The Morgan fingerprint density at radius 3 is 2.61 bits per heavy atom. The Morgan fingerprint density at radius 2 is 1.84 bits per heavy atom. The molecule has 3 aromatic rings. The number of fused-ring (bicyclic) bond motifs is 1. The van der Waals surface area contributed by atoms with Gasteiger partial charge in [-0.3, -0.25) is 4.79 Å². The maximum absolute atomic E-state index is 13.3. The van der Waals surface area contributed by atoms with Gasteiger partial charge in [-0.05, 0) is 56.2 Å². The van der Waals surface area contributed by atoms with Crippen molar-refractivity contribution in [3.8, 4) is 0 Å². The molecule has 2 fully saturated rings. The summed E-state index contributed by atoms with van der Waals surface area (Å²) in [6.07, 6.45) is 3.89. The zero-order chi connectivity index (χ0) is 21.4. The van der Waals surface area contributed by atoms with Crippen molar-refractivity contribution < 1.29 is 4.79 Å². The molecule has 5 rings (SSSR count). The molecule has 2 saturated heterocycles. The fourth-order valence-corrected chi connectivity index (χ4v) is 5.83. The Hall–Kier alpha value is -2.31. The van der Waals surface area contributed by atoms with E-state index in [0.717, 1.165) is 63.0 Å². The summed E-state index contributed by atoms with van der Waals surface area (Å²) in [5.74, 6) is 1.38. The smallest absolute Gasteiger partial charge is 0.227 e. The summed E-state index contributed by atoms with van der Waals surface area (Å²) >= 11 is 7.82. The second-order valence-electron chi connectivity index (χ2n) is 8.48. The molecule has 2 aliphatic heterocycles. The van der Waals surface area contributed by atoms with Crippen molar-refractivity contribution in [3.05, 3.63) is 52.5 Å². The summed E-state index contributed by atoms with van der Waals surface area (Å²) in [5.41, 5.74) is 1.17. The molecule has 31 heavy (non-hydrogen) atoms. The fraction of sp³-hybridized carbons (Fsp3) is 0.417. The number of hydrogen-bond acceptors (Lipinski definition) is 5. The molecule has 162 valence electrons. The lowest BCUT2D eigenvalue weighted by Crippen LogP contribution is -2.52. The van der Waals surface area contributed by atoms with Crippen LogP contribution in [0.4, 0.5) is 11.5 Å². The summed E-state index contributed by atoms with van der Waals surface area (Å²) in [7, 11) is 0. The third kappa shape index (κ3) is 4.23. The molecule has 1 amide bonds. The maximum Gasteiger partial charge on any atom is 0.227 e. The number of pyridine rings is 1. The van der Waals surface area contributed by atoms with E-state index >= 15 is 0 Å². The highest BCUT2D eigenvalue weighted by molar-refractivity contribution is 7.19. The van der Waals surface area contributed by atoms with E-state index in [-0.39, 0.29) is 5.92 Å². The van der Waals surface area contributed by atoms with E-state index in [1.165, 1.54) is 20.7 Å². The first-order valence-corrected chi connectivity index (χ1v) is 12.2. The minimum absolute atomic E-state index is 0.0487. The van der Waals surface area contributed by atoms with Gasteiger partial charge in [-0.25, -0.2) is 4.98 Å². The van der Waals surface area contributed by atoms with Gasteiger partial charge >= 0.3 is 0 Å². The minimum atomic E-state index is 0.0487. The van der Waals surface area contributed by atoms with Gasteiger partial charge in [0.15, 0.2) is 0 Å². The number of thiophene rings is 1. The van der Waals surface area contributed by atoms with Crippen LogP contribution in [0, 0.1) is 12.8 Å². The normalized spacial score (nSPS) is 19.8. The van der Waals surface area contributed by atoms with Crippen LogP contribution in [0.15, 0.2) is 42.6 Å². The summed E-state index contributed by atoms with van der Waals surface area (Å²) in [4.78, 5) is 26.0. The first kappa shape index (κ1) is 20.6. The fourth-order valence-electron chi connectivity index (χ4n) is 4.79. The van der Waals surface area contributed by atoms with E-state index in [1.54, 1.807) is 11.3 Å². The number of benzene rings is 1. The zero-order valence-electron chi connectivity index (χ0n) is 17.8. The predicted octanol–water partition coefficient (Wildman–Crippen LogP) is 4.82. The number of aromatic nitrogens is 1. The predicted molar refractivity (Wildman–Crippen MR) is 130 cm³/mol. The lowest BCUT2D eigenvalue weighted by atomic mass is 9.96. The number of aryl methyl sites for hydroxylation is 1. The summed E-state index contributed by atoms with van der Waals surface area (Å²) in [6.45, 7) is 7.13. The first-order valence-electron chi connectivity index (χ1n) is 11.0. The number of piperidine rings is 1. The van der Waals surface area contributed by atoms with Crippen LogP contribution in [0.25, 0.3) is 10.1 Å². The Bertz CT molecular complexity index is 1070. The van der Waals surface area contributed by atoms with Gasteiger partial charge in [-0.2, -0.15) is 0 Å². The van der Waals surface area contributed by atoms with Crippen LogP contribution in [0.2, 0.25) is 5.02 Å². The van der Waals surface area contributed by atoms with Crippen LogP contribution in [0.3, 0.4) is 0 Å². The number of piperazine rings is 1. The van der Waals surface area contributed by atoms with E-state index in [1.807, 2.05) is 18.3 Å². The summed E-state index contributed by atoms with van der Waals surface area (Å²) < 4.78 is 1.27. The molecule has 2 aliphatic rings. The van der Waals surface area contributed by atoms with E-state index in [4.69, 9.17) is 16.6 Å². The van der Waals surface area contributed by atoms with Gasteiger partial charge in [0, 0.05) is 71.1 Å². The molecule has 0 N–H and O–H groups in total. The number of rotatable bonds is 3. The van der Waals surface area contributed by atoms with Crippen molar-refractivity contribution in [2.75, 3.05) is 49.1 Å². The molecule has 0 spiro atoms. The summed E-state index contributed by atoms with van der Waals surface area (Å²) in [5, 5.41) is 1.97. The van der Waals surface area contributed by atoms with Crippen LogP contribution in [-0.4, -0.2) is 55.1 Å². The van der Waals surface area contributed by atoms with Gasteiger partial charge < -0.3 is 14.7 Å². The molecule has 5 nitrogen and oxygen atoms in total. The number of carbonyl (C=O) groups excluding carboxylic acids is 1. The Balaban J connectivity index is 1.24. The molecule has 0 radical (unpaired) electrons. The molecule has 7 heteroatoms. The van der Waals surface area contributed by atoms with Gasteiger partial charge in [0.05, 0.1) is 5.92 Å². The molecular weight excluding hydrogens is 428 g/mol. The number of anilines is 2. The molecule has 0 aliphatic carbocycles. The third-order valence-electron chi connectivity index (χ3n) is 6.40. The van der Waals surface area contributed by atoms with Crippen molar-refractivity contribution in [3.63, 3.8) is 0 Å². The van der Waals surface area contributed by atoms with E-state index < -0.39 is 0 Å². The standard InChI is InChI=1S/C24H27ClN4OS/c1-17-15-21-22(31-17)8-9-26-23(21)29-10-2-3-18(16-29)24(30)28-13-11-27(12-14-28)20-6-4-19(25)5-7-20/h4-9,15,18H,2-3,10-14,16H2,1H3. The van der Waals surface area contributed by atoms with Crippen molar-refractivity contribution >= 4 is 50.4 Å². The second-order valence-corrected chi connectivity index (χ2v) is 10.2. The molecule has 0 bridgehead atoms. The average molecular weight is 455 g/mol. The van der Waals surface area contributed by atoms with Gasteiger partial charge in [-0.15, -0.1) is 11.3 Å². The SMILES string of the molecule is Cc1cc2c(N3CCCC(C(=O)N4CCN(c5ccc(Cl)cc5)CC4)C3)nccc2s1. The number of nitrogens with zero attached hydrogens (tertiary/aromatic N) is 4. The van der Waals surface area contributed by atoms with Crippen LogP contribution < -0.4 is 9.80 Å². The lowest BCUT2D eigenvalue weighted by Gasteiger charge is -2.40. The molecule has 0 saturated carbocycles. The van der Waals surface area contributed by atoms with Gasteiger partial charge in [-0.1, -0.05) is 11.6 Å². The molecule has 2 aromatic heterocycles. The van der Waals surface area contributed by atoms with Crippen molar-refractivity contribution in [2.24, 2.45) is 5.92 Å². The molecular formula is C24H27ClN4OS. The molecule has 1 atom stereocenters. The molecule has 1 aromatic carbocycles. The number of halogens is 1. The zero-order valence-corrected chi connectivity index (χ0v) is 19.3. The number of hydrogen-bond donors (Lipinski definition) is 0. The highest BCUT2D eigenvalue weighted by Crippen LogP contribution is 2.33.